The Morgan fingerprint density at radius 3 is 1.33 bits per heavy atom. The first-order chi connectivity index (χ1) is 13.9. The molecule has 10 heteroatoms. The Kier molecular flexibility index (Phi) is 17.5. The van der Waals surface area contributed by atoms with Gasteiger partial charge in [-0.3, -0.25) is 18.7 Å². The standard InChI is InChI=1S/2C10H19O4P/c1-6-7-10(11)15(12,13-8(2)3)14-9(4)5;1-4-7-10(11)15(12,13-8-5-2)14-9-6-3/h6-9H,1-5H3;4,7H,5-6,8-9H2,1-3H3. The van der Waals surface area contributed by atoms with Gasteiger partial charge < -0.3 is 18.1 Å². The van der Waals surface area contributed by atoms with Crippen molar-refractivity contribution in [3.8, 4) is 0 Å². The Labute approximate surface area is 181 Å². The maximum atomic E-state index is 12.1. The summed E-state index contributed by atoms with van der Waals surface area (Å²) < 4.78 is 44.3. The van der Waals surface area contributed by atoms with Crippen LogP contribution in [-0.4, -0.2) is 36.5 Å². The van der Waals surface area contributed by atoms with Gasteiger partial charge in [-0.15, -0.1) is 0 Å². The van der Waals surface area contributed by atoms with Crippen LogP contribution < -0.4 is 0 Å². The number of carbonyl (C=O) groups is 2. The molecule has 0 radical (unpaired) electrons. The fraction of sp³-hybridized carbons (Fsp3) is 0.700. The summed E-state index contributed by atoms with van der Waals surface area (Å²) in [6.07, 6.45) is 6.25. The first-order valence-electron chi connectivity index (χ1n) is 10.1. The molecular weight excluding hydrogens is 430 g/mol. The van der Waals surface area contributed by atoms with E-state index in [1.807, 2.05) is 13.8 Å². The summed E-state index contributed by atoms with van der Waals surface area (Å²) in [6, 6.07) is 0. The Morgan fingerprint density at radius 1 is 0.733 bits per heavy atom. The zero-order valence-corrected chi connectivity index (χ0v) is 21.2. The summed E-state index contributed by atoms with van der Waals surface area (Å²) in [4.78, 5) is 23.0. The van der Waals surface area contributed by atoms with Gasteiger partial charge >= 0.3 is 15.2 Å². The van der Waals surface area contributed by atoms with Crippen LogP contribution in [0.2, 0.25) is 0 Å². The third-order valence-electron chi connectivity index (χ3n) is 2.79. The highest BCUT2D eigenvalue weighted by Crippen LogP contribution is 2.51. The molecule has 0 atom stereocenters. The molecule has 0 N–H and O–H groups in total. The fourth-order valence-electron chi connectivity index (χ4n) is 1.74. The highest BCUT2D eigenvalue weighted by molar-refractivity contribution is 7.72. The van der Waals surface area contributed by atoms with Crippen LogP contribution in [0.4, 0.5) is 0 Å². The predicted molar refractivity (Wildman–Crippen MR) is 120 cm³/mol. The van der Waals surface area contributed by atoms with Crippen molar-refractivity contribution in [3.05, 3.63) is 24.3 Å². The van der Waals surface area contributed by atoms with Gasteiger partial charge in [-0.05, 0) is 66.5 Å². The molecule has 0 saturated heterocycles. The second kappa shape index (κ2) is 16.8. The topological polar surface area (TPSA) is 105 Å². The molecule has 0 fully saturated rings. The molecule has 0 aromatic carbocycles. The maximum absolute atomic E-state index is 12.1. The summed E-state index contributed by atoms with van der Waals surface area (Å²) >= 11 is 0. The van der Waals surface area contributed by atoms with Crippen molar-refractivity contribution in [1.29, 1.82) is 0 Å². The van der Waals surface area contributed by atoms with Crippen molar-refractivity contribution < 1.29 is 36.8 Å². The van der Waals surface area contributed by atoms with Crippen molar-refractivity contribution in [1.82, 2.24) is 0 Å². The summed E-state index contributed by atoms with van der Waals surface area (Å²) in [5.74, 6) is 0. The van der Waals surface area contributed by atoms with Gasteiger partial charge in [0.25, 0.3) is 11.0 Å². The maximum Gasteiger partial charge on any atom is 0.401 e. The first-order valence-corrected chi connectivity index (χ1v) is 13.2. The lowest BCUT2D eigenvalue weighted by Gasteiger charge is -2.20. The quantitative estimate of drug-likeness (QED) is 0.217. The van der Waals surface area contributed by atoms with Gasteiger partial charge in [0.15, 0.2) is 0 Å². The molecule has 0 unspecified atom stereocenters. The Hall–Kier alpha value is -0.880. The molecule has 0 saturated carbocycles. The van der Waals surface area contributed by atoms with Crippen LogP contribution in [0.1, 0.15) is 68.2 Å². The molecule has 0 aromatic rings. The largest absolute Gasteiger partial charge is 0.401 e. The van der Waals surface area contributed by atoms with Gasteiger partial charge in [-0.2, -0.15) is 0 Å². The lowest BCUT2D eigenvalue weighted by Crippen LogP contribution is -2.12. The number of carbonyl (C=O) groups excluding carboxylic acids is 2. The van der Waals surface area contributed by atoms with Crippen LogP contribution in [0.3, 0.4) is 0 Å². The van der Waals surface area contributed by atoms with E-state index in [1.54, 1.807) is 41.5 Å². The summed E-state index contributed by atoms with van der Waals surface area (Å²) in [6.45, 7) is 14.5. The molecule has 0 bridgehead atoms. The van der Waals surface area contributed by atoms with Crippen LogP contribution in [-0.2, 0) is 36.8 Å². The molecule has 0 aromatic heterocycles. The lowest BCUT2D eigenvalue weighted by molar-refractivity contribution is -0.110. The molecule has 0 aliphatic heterocycles. The van der Waals surface area contributed by atoms with Crippen LogP contribution >= 0.6 is 15.2 Å². The minimum atomic E-state index is -3.66. The van der Waals surface area contributed by atoms with E-state index in [9.17, 15) is 18.7 Å². The van der Waals surface area contributed by atoms with Crippen LogP contribution in [0.25, 0.3) is 0 Å². The summed E-state index contributed by atoms with van der Waals surface area (Å²) in [5.41, 5.74) is -1.18. The van der Waals surface area contributed by atoms with E-state index < -0.39 is 26.2 Å². The second-order valence-electron chi connectivity index (χ2n) is 6.65. The van der Waals surface area contributed by atoms with Gasteiger partial charge in [0.05, 0.1) is 25.4 Å². The molecular formula is C20H38O8P2. The molecule has 30 heavy (non-hydrogen) atoms. The summed E-state index contributed by atoms with van der Waals surface area (Å²) in [7, 11) is -7.25. The molecule has 8 nitrogen and oxygen atoms in total. The van der Waals surface area contributed by atoms with Crippen molar-refractivity contribution >= 4 is 26.2 Å². The van der Waals surface area contributed by atoms with Crippen LogP contribution in [0.15, 0.2) is 24.3 Å². The predicted octanol–water partition coefficient (Wildman–Crippen LogP) is 6.27. The third kappa shape index (κ3) is 13.4. The van der Waals surface area contributed by atoms with E-state index in [0.717, 1.165) is 0 Å². The third-order valence-corrected chi connectivity index (χ3v) is 6.61. The monoisotopic (exact) mass is 468 g/mol. The average molecular weight is 468 g/mol. The van der Waals surface area contributed by atoms with Crippen LogP contribution in [0.5, 0.6) is 0 Å². The average Bonchev–Trinajstić information content (AvgIpc) is 2.64. The number of allylic oxidation sites excluding steroid dienone is 4. The SMILES string of the molecule is CC=CC(=O)P(=O)(OC(C)C)OC(C)C.CC=CC(=O)P(=O)(OCCC)OCCC. The molecule has 0 aliphatic rings. The van der Waals surface area contributed by atoms with Crippen molar-refractivity contribution in [3.63, 3.8) is 0 Å². The van der Waals surface area contributed by atoms with E-state index in [1.165, 1.54) is 24.3 Å². The van der Waals surface area contributed by atoms with Crippen molar-refractivity contribution in [2.75, 3.05) is 13.2 Å². The molecule has 0 amide bonds. The zero-order chi connectivity index (χ0) is 23.8. The number of rotatable bonds is 14. The highest BCUT2D eigenvalue weighted by Gasteiger charge is 2.35. The molecule has 0 spiro atoms. The van der Waals surface area contributed by atoms with Gasteiger partial charge in [0.1, 0.15) is 0 Å². The van der Waals surface area contributed by atoms with E-state index in [0.29, 0.717) is 12.8 Å². The van der Waals surface area contributed by atoms with Crippen molar-refractivity contribution in [2.24, 2.45) is 0 Å². The number of hydrogen-bond donors (Lipinski definition) is 0. The van der Waals surface area contributed by atoms with Gasteiger partial charge in [0, 0.05) is 0 Å². The molecule has 0 heterocycles. The minimum absolute atomic E-state index is 0.268. The fourth-order valence-corrected chi connectivity index (χ4v) is 4.94. The van der Waals surface area contributed by atoms with E-state index >= 15 is 0 Å². The Morgan fingerprint density at radius 2 is 1.07 bits per heavy atom. The van der Waals surface area contributed by atoms with Gasteiger partial charge in [-0.1, -0.05) is 26.0 Å². The normalized spacial score (nSPS) is 12.6. The number of hydrogen-bond acceptors (Lipinski definition) is 8. The Balaban J connectivity index is 0. The van der Waals surface area contributed by atoms with Gasteiger partial charge in [0.2, 0.25) is 0 Å². The Bertz CT molecular complexity index is 627. The first kappa shape index (κ1) is 31.3. The van der Waals surface area contributed by atoms with E-state index in [4.69, 9.17) is 18.1 Å². The highest BCUT2D eigenvalue weighted by atomic mass is 31.2. The second-order valence-corrected chi connectivity index (χ2v) is 10.5. The van der Waals surface area contributed by atoms with E-state index in [-0.39, 0.29) is 25.4 Å². The lowest BCUT2D eigenvalue weighted by atomic mass is 10.5. The molecule has 0 aliphatic carbocycles. The molecule has 0 rings (SSSR count). The van der Waals surface area contributed by atoms with Crippen molar-refractivity contribution in [2.45, 2.75) is 80.4 Å². The smallest absolute Gasteiger partial charge is 0.303 e. The molecule has 176 valence electrons. The summed E-state index contributed by atoms with van der Waals surface area (Å²) in [5, 5.41) is 0. The van der Waals surface area contributed by atoms with Gasteiger partial charge in [-0.25, -0.2) is 0 Å². The minimum Gasteiger partial charge on any atom is -0.303 e. The van der Waals surface area contributed by atoms with E-state index in [2.05, 4.69) is 0 Å². The van der Waals surface area contributed by atoms with Crippen LogP contribution in [0, 0.1) is 0 Å². The zero-order valence-electron chi connectivity index (χ0n) is 19.5.